The van der Waals surface area contributed by atoms with Crippen LogP contribution < -0.4 is 9.92 Å². The first-order valence-corrected chi connectivity index (χ1v) is 8.15. The summed E-state index contributed by atoms with van der Waals surface area (Å²) in [5, 5.41) is 11.4. The Morgan fingerprint density at radius 2 is 1.74 bits per heavy atom. The number of nitrogens with zero attached hydrogens (tertiary/aromatic N) is 1. The average Bonchev–Trinajstić information content (AvgIpc) is 2.44. The minimum Gasteiger partial charge on any atom is -0.393 e. The number of halogens is 1. The molecule has 2 N–H and O–H groups in total. The summed E-state index contributed by atoms with van der Waals surface area (Å²) in [7, 11) is -4.24. The summed E-state index contributed by atoms with van der Waals surface area (Å²) in [4.78, 5) is 9.74. The van der Waals surface area contributed by atoms with E-state index in [2.05, 4.69) is 0 Å². The highest BCUT2D eigenvalue weighted by Crippen LogP contribution is 2.30. The standard InChI is InChI=1S/C14H13ClN2O5S/c1-8-5-10(6-9(2)14(8)15)22-23(20,21)11-3-4-12(16)13(7-11)17(18)19/h3-7H,16H2,1-2H3. The predicted molar refractivity (Wildman–Crippen MR) is 86.2 cm³/mol. The largest absolute Gasteiger partial charge is 0.393 e. The van der Waals surface area contributed by atoms with Gasteiger partial charge >= 0.3 is 10.1 Å². The van der Waals surface area contributed by atoms with Crippen LogP contribution >= 0.6 is 11.6 Å². The molecule has 2 rings (SSSR count). The molecular weight excluding hydrogens is 344 g/mol. The highest BCUT2D eigenvalue weighted by atomic mass is 35.5. The first-order chi connectivity index (χ1) is 10.6. The van der Waals surface area contributed by atoms with Crippen molar-refractivity contribution in [1.82, 2.24) is 0 Å². The molecule has 0 amide bonds. The van der Waals surface area contributed by atoms with E-state index in [4.69, 9.17) is 21.5 Å². The van der Waals surface area contributed by atoms with Crippen molar-refractivity contribution in [1.29, 1.82) is 0 Å². The van der Waals surface area contributed by atoms with Gasteiger partial charge < -0.3 is 9.92 Å². The molecule has 23 heavy (non-hydrogen) atoms. The van der Waals surface area contributed by atoms with Crippen molar-refractivity contribution in [3.63, 3.8) is 0 Å². The van der Waals surface area contributed by atoms with Gasteiger partial charge in [0.25, 0.3) is 5.69 Å². The van der Waals surface area contributed by atoms with Crippen molar-refractivity contribution in [2.45, 2.75) is 18.7 Å². The molecule has 0 bridgehead atoms. The Bertz CT molecular complexity index is 873. The molecule has 0 saturated carbocycles. The summed E-state index contributed by atoms with van der Waals surface area (Å²) >= 11 is 6.02. The summed E-state index contributed by atoms with van der Waals surface area (Å²) in [6.45, 7) is 3.42. The smallest absolute Gasteiger partial charge is 0.339 e. The third kappa shape index (κ3) is 3.54. The molecule has 0 radical (unpaired) electrons. The van der Waals surface area contributed by atoms with Crippen molar-refractivity contribution >= 4 is 33.1 Å². The van der Waals surface area contributed by atoms with Gasteiger partial charge in [-0.2, -0.15) is 8.42 Å². The Hall–Kier alpha value is -2.32. The fourth-order valence-corrected chi connectivity index (χ4v) is 3.01. The molecule has 0 aliphatic rings. The molecular formula is C14H13ClN2O5S. The second kappa shape index (κ2) is 6.05. The van der Waals surface area contributed by atoms with Crippen LogP contribution in [0.15, 0.2) is 35.2 Å². The fourth-order valence-electron chi connectivity index (χ4n) is 1.97. The highest BCUT2D eigenvalue weighted by molar-refractivity contribution is 7.87. The van der Waals surface area contributed by atoms with Crippen LogP contribution in [-0.4, -0.2) is 13.3 Å². The number of anilines is 1. The Labute approximate surface area is 137 Å². The second-order valence-electron chi connectivity index (χ2n) is 4.89. The summed E-state index contributed by atoms with van der Waals surface area (Å²) in [5.41, 5.74) is 6.12. The number of benzene rings is 2. The van der Waals surface area contributed by atoms with Crippen LogP contribution in [-0.2, 0) is 10.1 Å². The molecule has 2 aromatic carbocycles. The van der Waals surface area contributed by atoms with E-state index in [1.165, 1.54) is 12.1 Å². The SMILES string of the molecule is Cc1cc(OS(=O)(=O)c2ccc(N)c([N+](=O)[O-])c2)cc(C)c1Cl. The van der Waals surface area contributed by atoms with E-state index in [1.54, 1.807) is 13.8 Å². The van der Waals surface area contributed by atoms with Crippen LogP contribution in [0.25, 0.3) is 0 Å². The normalized spacial score (nSPS) is 11.3. The summed E-state index contributed by atoms with van der Waals surface area (Å²) < 4.78 is 29.6. The van der Waals surface area contributed by atoms with Gasteiger partial charge in [0.1, 0.15) is 16.3 Å². The van der Waals surface area contributed by atoms with Crippen molar-refractivity contribution in [2.24, 2.45) is 0 Å². The van der Waals surface area contributed by atoms with Gasteiger partial charge in [-0.15, -0.1) is 0 Å². The fraction of sp³-hybridized carbons (Fsp3) is 0.143. The average molecular weight is 357 g/mol. The number of nitro benzene ring substituents is 1. The maximum atomic E-state index is 12.3. The lowest BCUT2D eigenvalue weighted by atomic mass is 10.1. The monoisotopic (exact) mass is 356 g/mol. The van der Waals surface area contributed by atoms with Gasteiger partial charge in [0.15, 0.2) is 0 Å². The lowest BCUT2D eigenvalue weighted by Gasteiger charge is -2.10. The molecule has 0 unspecified atom stereocenters. The molecule has 7 nitrogen and oxygen atoms in total. The molecule has 0 heterocycles. The number of hydrogen-bond donors (Lipinski definition) is 1. The van der Waals surface area contributed by atoms with Gasteiger partial charge in [0.05, 0.1) is 4.92 Å². The first kappa shape index (κ1) is 17.0. The Morgan fingerprint density at radius 1 is 1.17 bits per heavy atom. The van der Waals surface area contributed by atoms with Crippen LogP contribution in [0.2, 0.25) is 5.02 Å². The van der Waals surface area contributed by atoms with Gasteiger partial charge in [0.2, 0.25) is 0 Å². The number of rotatable bonds is 4. The molecule has 9 heteroatoms. The second-order valence-corrected chi connectivity index (χ2v) is 6.81. The zero-order valence-electron chi connectivity index (χ0n) is 12.2. The van der Waals surface area contributed by atoms with Gasteiger partial charge in [-0.25, -0.2) is 0 Å². The molecule has 0 atom stereocenters. The third-order valence-electron chi connectivity index (χ3n) is 3.10. The topological polar surface area (TPSA) is 113 Å². The minimum absolute atomic E-state index is 0.0730. The number of aryl methyl sites for hydroxylation is 2. The zero-order valence-corrected chi connectivity index (χ0v) is 13.8. The van der Waals surface area contributed by atoms with Crippen molar-refractivity contribution in [3.05, 3.63) is 56.6 Å². The van der Waals surface area contributed by atoms with Crippen LogP contribution in [0.4, 0.5) is 11.4 Å². The van der Waals surface area contributed by atoms with E-state index >= 15 is 0 Å². The molecule has 0 aliphatic carbocycles. The van der Waals surface area contributed by atoms with Gasteiger partial charge in [-0.3, -0.25) is 10.1 Å². The summed E-state index contributed by atoms with van der Waals surface area (Å²) in [6.07, 6.45) is 0. The Kier molecular flexibility index (Phi) is 4.49. The molecule has 0 aromatic heterocycles. The van der Waals surface area contributed by atoms with Crippen molar-refractivity contribution in [2.75, 3.05) is 5.73 Å². The van der Waals surface area contributed by atoms with E-state index in [0.717, 1.165) is 18.2 Å². The number of nitrogen functional groups attached to an aromatic ring is 1. The maximum absolute atomic E-state index is 12.3. The molecule has 0 saturated heterocycles. The van der Waals surface area contributed by atoms with Crippen LogP contribution in [0.1, 0.15) is 11.1 Å². The quantitative estimate of drug-likeness (QED) is 0.389. The maximum Gasteiger partial charge on any atom is 0.339 e. The van der Waals surface area contributed by atoms with E-state index in [9.17, 15) is 18.5 Å². The van der Waals surface area contributed by atoms with Crippen LogP contribution in [0.3, 0.4) is 0 Å². The Morgan fingerprint density at radius 3 is 2.26 bits per heavy atom. The zero-order chi connectivity index (χ0) is 17.4. The number of nitrogens with two attached hydrogens (primary N) is 1. The Balaban J connectivity index is 2.44. The van der Waals surface area contributed by atoms with Crippen molar-refractivity contribution in [3.8, 4) is 5.75 Å². The van der Waals surface area contributed by atoms with E-state index in [1.807, 2.05) is 0 Å². The first-order valence-electron chi connectivity index (χ1n) is 6.37. The lowest BCUT2D eigenvalue weighted by Crippen LogP contribution is -2.11. The minimum atomic E-state index is -4.24. The van der Waals surface area contributed by atoms with Gasteiger partial charge in [-0.05, 0) is 49.2 Å². The molecule has 0 fully saturated rings. The van der Waals surface area contributed by atoms with Crippen LogP contribution in [0, 0.1) is 24.0 Å². The highest BCUT2D eigenvalue weighted by Gasteiger charge is 2.22. The summed E-state index contributed by atoms with van der Waals surface area (Å²) in [5.74, 6) is 0.0730. The van der Waals surface area contributed by atoms with Crippen molar-refractivity contribution < 1.29 is 17.5 Å². The predicted octanol–water partition coefficient (Wildman–Crippen LogP) is 3.21. The lowest BCUT2D eigenvalue weighted by molar-refractivity contribution is -0.384. The molecule has 2 aromatic rings. The van der Waals surface area contributed by atoms with Crippen LogP contribution in [0.5, 0.6) is 5.75 Å². The number of hydrogen-bond acceptors (Lipinski definition) is 6. The third-order valence-corrected chi connectivity index (χ3v) is 4.94. The number of nitro groups is 1. The van der Waals surface area contributed by atoms with Gasteiger partial charge in [-0.1, -0.05) is 11.6 Å². The van der Waals surface area contributed by atoms with Gasteiger partial charge in [0, 0.05) is 11.1 Å². The van der Waals surface area contributed by atoms with E-state index in [-0.39, 0.29) is 16.3 Å². The van der Waals surface area contributed by atoms with E-state index < -0.39 is 20.7 Å². The molecule has 0 aliphatic heterocycles. The summed E-state index contributed by atoms with van der Waals surface area (Å²) in [6, 6.07) is 6.09. The van der Waals surface area contributed by atoms with E-state index in [0.29, 0.717) is 16.1 Å². The molecule has 122 valence electrons. The molecule has 0 spiro atoms.